The molecule has 0 atom stereocenters. The standard InChI is InChI=1S/C17H18ClFN4O2/c1-5-6-10-13(17(24)25-4)21-16(22-15(10)20)9-7-8-11(18)14(12(9)19)23(2)3/h5-8H,1-4H3,(H2,20,21,22)/b6-5+. The van der Waals surface area contributed by atoms with Crippen LogP contribution in [0.1, 0.15) is 23.0 Å². The van der Waals surface area contributed by atoms with E-state index >= 15 is 0 Å². The Morgan fingerprint density at radius 1 is 1.36 bits per heavy atom. The zero-order valence-corrected chi connectivity index (χ0v) is 15.1. The van der Waals surface area contributed by atoms with Crippen molar-refractivity contribution in [2.75, 3.05) is 31.8 Å². The molecule has 0 radical (unpaired) electrons. The van der Waals surface area contributed by atoms with Crippen LogP contribution in [0.3, 0.4) is 0 Å². The number of nitrogens with two attached hydrogens (primary N) is 1. The maximum atomic E-state index is 14.9. The quantitative estimate of drug-likeness (QED) is 0.837. The molecule has 0 aliphatic carbocycles. The molecule has 0 fully saturated rings. The number of methoxy groups -OCH3 is 1. The van der Waals surface area contributed by atoms with Gasteiger partial charge in [0.2, 0.25) is 0 Å². The normalized spacial score (nSPS) is 11.0. The molecule has 0 bridgehead atoms. The highest BCUT2D eigenvalue weighted by molar-refractivity contribution is 6.33. The first kappa shape index (κ1) is 18.7. The van der Waals surface area contributed by atoms with Gasteiger partial charge in [-0.2, -0.15) is 0 Å². The molecule has 8 heteroatoms. The van der Waals surface area contributed by atoms with Crippen LogP contribution in [-0.2, 0) is 4.74 Å². The number of carbonyl (C=O) groups excluding carboxylic acids is 1. The Kier molecular flexibility index (Phi) is 5.58. The number of allylic oxidation sites excluding steroid dienone is 1. The van der Waals surface area contributed by atoms with Crippen LogP contribution in [0.5, 0.6) is 0 Å². The highest BCUT2D eigenvalue weighted by Crippen LogP contribution is 2.34. The minimum absolute atomic E-state index is 0.0246. The lowest BCUT2D eigenvalue weighted by Crippen LogP contribution is -2.14. The Bertz CT molecular complexity index is 853. The Morgan fingerprint density at radius 2 is 2.04 bits per heavy atom. The van der Waals surface area contributed by atoms with Gasteiger partial charge < -0.3 is 15.4 Å². The lowest BCUT2D eigenvalue weighted by atomic mass is 10.1. The summed E-state index contributed by atoms with van der Waals surface area (Å²) in [5.41, 5.74) is 6.50. The third kappa shape index (κ3) is 3.56. The van der Waals surface area contributed by atoms with Crippen LogP contribution >= 0.6 is 11.6 Å². The number of anilines is 2. The number of nitrogens with zero attached hydrogens (tertiary/aromatic N) is 3. The van der Waals surface area contributed by atoms with Gasteiger partial charge in [0.1, 0.15) is 5.82 Å². The monoisotopic (exact) mass is 364 g/mol. The molecule has 25 heavy (non-hydrogen) atoms. The molecule has 0 saturated carbocycles. The molecular weight excluding hydrogens is 347 g/mol. The number of esters is 1. The smallest absolute Gasteiger partial charge is 0.357 e. The number of hydrogen-bond donors (Lipinski definition) is 1. The van der Waals surface area contributed by atoms with E-state index in [9.17, 15) is 9.18 Å². The Morgan fingerprint density at radius 3 is 2.60 bits per heavy atom. The number of hydrogen-bond acceptors (Lipinski definition) is 6. The van der Waals surface area contributed by atoms with Crippen molar-refractivity contribution in [3.63, 3.8) is 0 Å². The van der Waals surface area contributed by atoms with E-state index in [4.69, 9.17) is 22.1 Å². The van der Waals surface area contributed by atoms with Crippen molar-refractivity contribution >= 4 is 35.2 Å². The Balaban J connectivity index is 2.75. The molecule has 132 valence electrons. The summed E-state index contributed by atoms with van der Waals surface area (Å²) in [5, 5.41) is 0.248. The van der Waals surface area contributed by atoms with Crippen molar-refractivity contribution in [2.45, 2.75) is 6.92 Å². The first-order valence-electron chi connectivity index (χ1n) is 7.36. The van der Waals surface area contributed by atoms with Crippen LogP contribution in [0.15, 0.2) is 18.2 Å². The summed E-state index contributed by atoms with van der Waals surface area (Å²) in [6, 6.07) is 2.97. The van der Waals surface area contributed by atoms with Crippen molar-refractivity contribution in [3.8, 4) is 11.4 Å². The van der Waals surface area contributed by atoms with Gasteiger partial charge in [-0.3, -0.25) is 0 Å². The van der Waals surface area contributed by atoms with Crippen molar-refractivity contribution < 1.29 is 13.9 Å². The first-order valence-corrected chi connectivity index (χ1v) is 7.73. The average Bonchev–Trinajstić information content (AvgIpc) is 2.55. The molecule has 6 nitrogen and oxygen atoms in total. The second kappa shape index (κ2) is 7.48. The summed E-state index contributed by atoms with van der Waals surface area (Å²) < 4.78 is 19.6. The van der Waals surface area contributed by atoms with E-state index in [0.29, 0.717) is 5.56 Å². The van der Waals surface area contributed by atoms with Gasteiger partial charge in [-0.15, -0.1) is 0 Å². The van der Waals surface area contributed by atoms with Crippen LogP contribution < -0.4 is 10.6 Å². The van der Waals surface area contributed by atoms with E-state index in [0.717, 1.165) is 0 Å². The van der Waals surface area contributed by atoms with Gasteiger partial charge in [-0.1, -0.05) is 23.8 Å². The highest BCUT2D eigenvalue weighted by atomic mass is 35.5. The third-order valence-corrected chi connectivity index (χ3v) is 3.75. The second-order valence-corrected chi connectivity index (χ2v) is 5.75. The van der Waals surface area contributed by atoms with Gasteiger partial charge in [0.05, 0.1) is 23.4 Å². The van der Waals surface area contributed by atoms with E-state index in [1.54, 1.807) is 38.1 Å². The molecular formula is C17H18ClFN4O2. The number of carbonyl (C=O) groups is 1. The second-order valence-electron chi connectivity index (χ2n) is 5.34. The zero-order valence-electron chi connectivity index (χ0n) is 14.3. The van der Waals surface area contributed by atoms with E-state index in [1.165, 1.54) is 19.2 Å². The maximum absolute atomic E-state index is 14.9. The van der Waals surface area contributed by atoms with E-state index < -0.39 is 11.8 Å². The summed E-state index contributed by atoms with van der Waals surface area (Å²) in [6.07, 6.45) is 3.28. The van der Waals surface area contributed by atoms with E-state index in [-0.39, 0.29) is 33.6 Å². The molecule has 1 aromatic heterocycles. The lowest BCUT2D eigenvalue weighted by Gasteiger charge is -2.17. The number of ether oxygens (including phenoxy) is 1. The maximum Gasteiger partial charge on any atom is 0.357 e. The van der Waals surface area contributed by atoms with Gasteiger partial charge in [0.15, 0.2) is 17.3 Å². The van der Waals surface area contributed by atoms with Gasteiger partial charge in [0.25, 0.3) is 0 Å². The van der Waals surface area contributed by atoms with Gasteiger partial charge >= 0.3 is 5.97 Å². The Hall–Kier alpha value is -2.67. The summed E-state index contributed by atoms with van der Waals surface area (Å²) in [6.45, 7) is 1.76. The van der Waals surface area contributed by atoms with Crippen LogP contribution in [0.4, 0.5) is 15.9 Å². The minimum Gasteiger partial charge on any atom is -0.464 e. The molecule has 0 amide bonds. The van der Waals surface area contributed by atoms with Crippen molar-refractivity contribution in [1.82, 2.24) is 9.97 Å². The number of rotatable bonds is 4. The van der Waals surface area contributed by atoms with Gasteiger partial charge in [0, 0.05) is 19.7 Å². The average molecular weight is 365 g/mol. The molecule has 0 aliphatic rings. The molecule has 0 saturated heterocycles. The summed E-state index contributed by atoms with van der Waals surface area (Å²) in [7, 11) is 4.56. The predicted molar refractivity (Wildman–Crippen MR) is 97.2 cm³/mol. The zero-order chi connectivity index (χ0) is 18.7. The summed E-state index contributed by atoms with van der Waals surface area (Å²) in [4.78, 5) is 21.9. The largest absolute Gasteiger partial charge is 0.464 e. The fourth-order valence-corrected chi connectivity index (χ4v) is 2.63. The lowest BCUT2D eigenvalue weighted by molar-refractivity contribution is 0.0593. The third-order valence-electron chi connectivity index (χ3n) is 3.44. The van der Waals surface area contributed by atoms with Crippen molar-refractivity contribution in [3.05, 3.63) is 40.3 Å². The van der Waals surface area contributed by atoms with Crippen LogP contribution in [-0.4, -0.2) is 37.1 Å². The van der Waals surface area contributed by atoms with Gasteiger partial charge in [-0.25, -0.2) is 19.2 Å². The fraction of sp³-hybridized carbons (Fsp3) is 0.235. The number of benzene rings is 1. The first-order chi connectivity index (χ1) is 11.8. The molecule has 0 unspecified atom stereocenters. The molecule has 2 N–H and O–H groups in total. The minimum atomic E-state index is -0.689. The molecule has 0 aliphatic heterocycles. The molecule has 0 spiro atoms. The SMILES string of the molecule is C/C=C/c1c(N)nc(-c2ccc(Cl)c(N(C)C)c2F)nc1C(=O)OC. The summed E-state index contributed by atoms with van der Waals surface area (Å²) >= 11 is 6.06. The number of halogens is 2. The predicted octanol–water partition coefficient (Wildman–Crippen LogP) is 3.40. The molecule has 2 aromatic rings. The summed E-state index contributed by atoms with van der Waals surface area (Å²) in [5.74, 6) is -1.27. The van der Waals surface area contributed by atoms with Crippen LogP contribution in [0, 0.1) is 5.82 Å². The highest BCUT2D eigenvalue weighted by Gasteiger charge is 2.22. The van der Waals surface area contributed by atoms with Crippen molar-refractivity contribution in [2.24, 2.45) is 0 Å². The van der Waals surface area contributed by atoms with Crippen LogP contribution in [0.25, 0.3) is 17.5 Å². The topological polar surface area (TPSA) is 81.3 Å². The molecule has 2 rings (SSSR count). The number of aromatic nitrogens is 2. The number of nitrogen functional groups attached to an aromatic ring is 1. The van der Waals surface area contributed by atoms with Crippen molar-refractivity contribution in [1.29, 1.82) is 0 Å². The molecule has 1 heterocycles. The van der Waals surface area contributed by atoms with E-state index in [1.807, 2.05) is 0 Å². The van der Waals surface area contributed by atoms with E-state index in [2.05, 4.69) is 9.97 Å². The fourth-order valence-electron chi connectivity index (χ4n) is 2.31. The van der Waals surface area contributed by atoms with Gasteiger partial charge in [-0.05, 0) is 19.1 Å². The Labute approximate surface area is 150 Å². The van der Waals surface area contributed by atoms with Crippen LogP contribution in [0.2, 0.25) is 5.02 Å². The molecule has 1 aromatic carbocycles.